The summed E-state index contributed by atoms with van der Waals surface area (Å²) in [6.45, 7) is 1.19. The van der Waals surface area contributed by atoms with Crippen LogP contribution in [0.15, 0.2) is 24.3 Å². The SMILES string of the molecule is COc1ccccc1CNC(=O)CN1CCOC1=O. The highest BCUT2D eigenvalue weighted by Crippen LogP contribution is 2.16. The van der Waals surface area contributed by atoms with E-state index in [0.717, 1.165) is 11.3 Å². The lowest BCUT2D eigenvalue weighted by molar-refractivity contribution is -0.121. The Kier molecular flexibility index (Phi) is 4.22. The van der Waals surface area contributed by atoms with Crippen molar-refractivity contribution in [1.29, 1.82) is 0 Å². The fourth-order valence-electron chi connectivity index (χ4n) is 1.84. The maximum atomic E-state index is 11.7. The van der Waals surface area contributed by atoms with Gasteiger partial charge in [0.15, 0.2) is 0 Å². The lowest BCUT2D eigenvalue weighted by Gasteiger charge is -2.13. The molecule has 0 radical (unpaired) electrons. The number of hydrogen-bond donors (Lipinski definition) is 1. The molecule has 1 aliphatic heterocycles. The fraction of sp³-hybridized carbons (Fsp3) is 0.385. The maximum Gasteiger partial charge on any atom is 0.410 e. The Labute approximate surface area is 111 Å². The van der Waals surface area contributed by atoms with Crippen LogP contribution in [0.25, 0.3) is 0 Å². The summed E-state index contributed by atoms with van der Waals surface area (Å²) >= 11 is 0. The number of carbonyl (C=O) groups excluding carboxylic acids is 2. The summed E-state index contributed by atoms with van der Waals surface area (Å²) < 4.78 is 9.94. The van der Waals surface area contributed by atoms with E-state index >= 15 is 0 Å². The van der Waals surface area contributed by atoms with Crippen molar-refractivity contribution < 1.29 is 19.1 Å². The van der Waals surface area contributed by atoms with E-state index < -0.39 is 6.09 Å². The molecule has 19 heavy (non-hydrogen) atoms. The van der Waals surface area contributed by atoms with Crippen LogP contribution in [0, 0.1) is 0 Å². The van der Waals surface area contributed by atoms with E-state index in [1.54, 1.807) is 7.11 Å². The molecule has 1 fully saturated rings. The van der Waals surface area contributed by atoms with Crippen molar-refractivity contribution in [2.45, 2.75) is 6.54 Å². The van der Waals surface area contributed by atoms with E-state index in [-0.39, 0.29) is 12.5 Å². The van der Waals surface area contributed by atoms with Crippen LogP contribution in [0.2, 0.25) is 0 Å². The van der Waals surface area contributed by atoms with Gasteiger partial charge in [0, 0.05) is 12.1 Å². The number of para-hydroxylation sites is 1. The van der Waals surface area contributed by atoms with E-state index in [1.165, 1.54) is 4.90 Å². The molecule has 0 aromatic heterocycles. The van der Waals surface area contributed by atoms with Gasteiger partial charge in [0.1, 0.15) is 18.9 Å². The van der Waals surface area contributed by atoms with Gasteiger partial charge in [-0.05, 0) is 6.07 Å². The molecule has 1 aliphatic rings. The first kappa shape index (κ1) is 13.2. The van der Waals surface area contributed by atoms with Crippen LogP contribution in [0.4, 0.5) is 4.79 Å². The minimum absolute atomic E-state index is 0.0218. The number of nitrogens with zero attached hydrogens (tertiary/aromatic N) is 1. The van der Waals surface area contributed by atoms with Crippen molar-refractivity contribution in [1.82, 2.24) is 10.2 Å². The third-order valence-corrected chi connectivity index (χ3v) is 2.85. The number of cyclic esters (lactones) is 1. The van der Waals surface area contributed by atoms with Crippen molar-refractivity contribution >= 4 is 12.0 Å². The highest BCUT2D eigenvalue weighted by atomic mass is 16.6. The first-order valence-corrected chi connectivity index (χ1v) is 6.01. The molecule has 0 unspecified atom stereocenters. The minimum Gasteiger partial charge on any atom is -0.496 e. The van der Waals surface area contributed by atoms with Crippen molar-refractivity contribution in [3.63, 3.8) is 0 Å². The zero-order chi connectivity index (χ0) is 13.7. The summed E-state index contributed by atoms with van der Waals surface area (Å²) in [7, 11) is 1.58. The maximum absolute atomic E-state index is 11.7. The summed E-state index contributed by atoms with van der Waals surface area (Å²) in [6.07, 6.45) is -0.438. The first-order chi connectivity index (χ1) is 9.20. The second kappa shape index (κ2) is 6.08. The molecule has 6 heteroatoms. The van der Waals surface area contributed by atoms with Crippen LogP contribution in [0.1, 0.15) is 5.56 Å². The molecular formula is C13H16N2O4. The van der Waals surface area contributed by atoms with Gasteiger partial charge in [-0.1, -0.05) is 18.2 Å². The minimum atomic E-state index is -0.438. The van der Waals surface area contributed by atoms with Gasteiger partial charge in [0.2, 0.25) is 5.91 Å². The fourth-order valence-corrected chi connectivity index (χ4v) is 1.84. The van der Waals surface area contributed by atoms with E-state index in [0.29, 0.717) is 19.7 Å². The van der Waals surface area contributed by atoms with E-state index in [9.17, 15) is 9.59 Å². The predicted molar refractivity (Wildman–Crippen MR) is 67.8 cm³/mol. The average Bonchev–Trinajstić information content (AvgIpc) is 2.82. The van der Waals surface area contributed by atoms with Crippen LogP contribution in [0.5, 0.6) is 5.75 Å². The molecular weight excluding hydrogens is 248 g/mol. The lowest BCUT2D eigenvalue weighted by atomic mass is 10.2. The quantitative estimate of drug-likeness (QED) is 0.852. The second-order valence-corrected chi connectivity index (χ2v) is 4.12. The Morgan fingerprint density at radius 1 is 1.47 bits per heavy atom. The molecule has 102 valence electrons. The third kappa shape index (κ3) is 3.37. The molecule has 1 aromatic carbocycles. The molecule has 0 atom stereocenters. The Morgan fingerprint density at radius 3 is 2.95 bits per heavy atom. The molecule has 2 rings (SSSR count). The van der Waals surface area contributed by atoms with Gasteiger partial charge >= 0.3 is 6.09 Å². The lowest BCUT2D eigenvalue weighted by Crippen LogP contribution is -2.37. The number of ether oxygens (including phenoxy) is 2. The van der Waals surface area contributed by atoms with Crippen LogP contribution in [0.3, 0.4) is 0 Å². The van der Waals surface area contributed by atoms with Gasteiger partial charge in [-0.3, -0.25) is 9.69 Å². The summed E-state index contributed by atoms with van der Waals surface area (Å²) in [5, 5.41) is 2.75. The number of nitrogens with one attached hydrogen (secondary N) is 1. The number of rotatable bonds is 5. The monoisotopic (exact) mass is 264 g/mol. The standard InChI is InChI=1S/C13H16N2O4/c1-18-11-5-3-2-4-10(11)8-14-12(16)9-15-6-7-19-13(15)17/h2-5H,6-9H2,1H3,(H,14,16). The Bertz CT molecular complexity index is 475. The zero-order valence-electron chi connectivity index (χ0n) is 10.7. The van der Waals surface area contributed by atoms with Crippen LogP contribution in [-0.4, -0.2) is 43.7 Å². The van der Waals surface area contributed by atoms with E-state index in [1.807, 2.05) is 24.3 Å². The first-order valence-electron chi connectivity index (χ1n) is 6.01. The molecule has 2 amide bonds. The molecule has 6 nitrogen and oxygen atoms in total. The van der Waals surface area contributed by atoms with Gasteiger partial charge < -0.3 is 14.8 Å². The van der Waals surface area contributed by atoms with Crippen molar-refractivity contribution in [3.8, 4) is 5.75 Å². The van der Waals surface area contributed by atoms with Gasteiger partial charge in [-0.25, -0.2) is 4.79 Å². The summed E-state index contributed by atoms with van der Waals surface area (Å²) in [6, 6.07) is 7.45. The summed E-state index contributed by atoms with van der Waals surface area (Å²) in [5.74, 6) is 0.508. The van der Waals surface area contributed by atoms with Crippen molar-refractivity contribution in [2.24, 2.45) is 0 Å². The molecule has 1 heterocycles. The highest BCUT2D eigenvalue weighted by Gasteiger charge is 2.23. The zero-order valence-corrected chi connectivity index (χ0v) is 10.7. The molecule has 0 spiro atoms. The van der Waals surface area contributed by atoms with Crippen LogP contribution in [-0.2, 0) is 16.1 Å². The highest BCUT2D eigenvalue weighted by molar-refractivity contribution is 5.82. The van der Waals surface area contributed by atoms with E-state index in [2.05, 4.69) is 5.32 Å². The van der Waals surface area contributed by atoms with Gasteiger partial charge in [-0.15, -0.1) is 0 Å². The summed E-state index contributed by atoms with van der Waals surface area (Å²) in [5.41, 5.74) is 0.891. The number of carbonyl (C=O) groups is 2. The third-order valence-electron chi connectivity index (χ3n) is 2.85. The van der Waals surface area contributed by atoms with Crippen molar-refractivity contribution in [3.05, 3.63) is 29.8 Å². The molecule has 1 saturated heterocycles. The van der Waals surface area contributed by atoms with E-state index in [4.69, 9.17) is 9.47 Å². The van der Waals surface area contributed by atoms with Gasteiger partial charge in [-0.2, -0.15) is 0 Å². The molecule has 0 bridgehead atoms. The average molecular weight is 264 g/mol. The molecule has 1 N–H and O–H groups in total. The number of benzene rings is 1. The van der Waals surface area contributed by atoms with Gasteiger partial charge in [0.05, 0.1) is 13.7 Å². The smallest absolute Gasteiger partial charge is 0.410 e. The molecule has 0 aliphatic carbocycles. The van der Waals surface area contributed by atoms with Crippen LogP contribution >= 0.6 is 0 Å². The second-order valence-electron chi connectivity index (χ2n) is 4.12. The molecule has 0 saturated carbocycles. The van der Waals surface area contributed by atoms with Crippen LogP contribution < -0.4 is 10.1 Å². The number of hydrogen-bond acceptors (Lipinski definition) is 4. The molecule has 1 aromatic rings. The Balaban J connectivity index is 1.84. The number of amides is 2. The summed E-state index contributed by atoms with van der Waals surface area (Å²) in [4.78, 5) is 24.3. The predicted octanol–water partition coefficient (Wildman–Crippen LogP) is 0.764. The number of methoxy groups -OCH3 is 1. The normalized spacial score (nSPS) is 14.2. The van der Waals surface area contributed by atoms with Gasteiger partial charge in [0.25, 0.3) is 0 Å². The van der Waals surface area contributed by atoms with Crippen molar-refractivity contribution in [2.75, 3.05) is 26.8 Å². The Morgan fingerprint density at radius 2 is 2.26 bits per heavy atom. The Hall–Kier alpha value is -2.24. The largest absolute Gasteiger partial charge is 0.496 e. The topological polar surface area (TPSA) is 67.9 Å².